The van der Waals surface area contributed by atoms with Gasteiger partial charge in [0.2, 0.25) is 10.0 Å². The van der Waals surface area contributed by atoms with E-state index in [-0.39, 0.29) is 10.8 Å². The molecule has 0 spiro atoms. The summed E-state index contributed by atoms with van der Waals surface area (Å²) in [5.41, 5.74) is 3.67. The Morgan fingerprint density at radius 3 is 2.11 bits per heavy atom. The number of nitrogens with one attached hydrogen (secondary N) is 1. The molecule has 0 aliphatic carbocycles. The molecule has 5 nitrogen and oxygen atoms in total. The molecule has 0 bridgehead atoms. The molecule has 3 aromatic rings. The maximum absolute atomic E-state index is 12.6. The third-order valence-electron chi connectivity index (χ3n) is 4.49. The van der Waals surface area contributed by atoms with Crippen LogP contribution in [0.5, 0.6) is 0 Å². The number of rotatable bonds is 7. The SMILES string of the molecule is NS(=O)(=O)c1ccc(CNC(=O)c2ccccc2CCc2ccccc2)cc1. The van der Waals surface area contributed by atoms with Crippen LogP contribution in [0.1, 0.15) is 27.0 Å². The molecule has 0 saturated heterocycles. The number of carbonyl (C=O) groups is 1. The van der Waals surface area contributed by atoms with Gasteiger partial charge in [0, 0.05) is 12.1 Å². The lowest BCUT2D eigenvalue weighted by molar-refractivity contribution is 0.0950. The van der Waals surface area contributed by atoms with Gasteiger partial charge in [-0.1, -0.05) is 60.7 Å². The van der Waals surface area contributed by atoms with Gasteiger partial charge in [0.15, 0.2) is 0 Å². The summed E-state index contributed by atoms with van der Waals surface area (Å²) in [5.74, 6) is -0.154. The molecule has 28 heavy (non-hydrogen) atoms. The van der Waals surface area contributed by atoms with Crippen molar-refractivity contribution in [2.24, 2.45) is 5.14 Å². The minimum Gasteiger partial charge on any atom is -0.348 e. The number of nitrogens with two attached hydrogens (primary N) is 1. The fourth-order valence-corrected chi connectivity index (χ4v) is 3.47. The lowest BCUT2D eigenvalue weighted by Crippen LogP contribution is -2.24. The first kappa shape index (κ1) is 19.8. The van der Waals surface area contributed by atoms with E-state index >= 15 is 0 Å². The molecule has 6 heteroatoms. The number of hydrogen-bond acceptors (Lipinski definition) is 3. The van der Waals surface area contributed by atoms with Crippen molar-refractivity contribution >= 4 is 15.9 Å². The lowest BCUT2D eigenvalue weighted by Gasteiger charge is -2.11. The van der Waals surface area contributed by atoms with E-state index in [1.807, 2.05) is 42.5 Å². The molecule has 0 fully saturated rings. The van der Waals surface area contributed by atoms with Gasteiger partial charge in [-0.25, -0.2) is 13.6 Å². The van der Waals surface area contributed by atoms with Gasteiger partial charge >= 0.3 is 0 Å². The zero-order valence-corrected chi connectivity index (χ0v) is 16.2. The quantitative estimate of drug-likeness (QED) is 0.645. The summed E-state index contributed by atoms with van der Waals surface area (Å²) in [6, 6.07) is 23.9. The molecule has 3 rings (SSSR count). The fourth-order valence-electron chi connectivity index (χ4n) is 2.96. The normalized spacial score (nSPS) is 11.2. The first-order valence-electron chi connectivity index (χ1n) is 8.95. The average Bonchev–Trinajstić information content (AvgIpc) is 2.71. The summed E-state index contributed by atoms with van der Waals surface area (Å²) < 4.78 is 22.6. The smallest absolute Gasteiger partial charge is 0.251 e. The van der Waals surface area contributed by atoms with E-state index in [4.69, 9.17) is 5.14 Å². The predicted molar refractivity (Wildman–Crippen MR) is 109 cm³/mol. The van der Waals surface area contributed by atoms with Crippen LogP contribution in [0, 0.1) is 0 Å². The number of sulfonamides is 1. The van der Waals surface area contributed by atoms with Crippen LogP contribution in [0.2, 0.25) is 0 Å². The van der Waals surface area contributed by atoms with Gasteiger partial charge in [-0.3, -0.25) is 4.79 Å². The fraction of sp³-hybridized carbons (Fsp3) is 0.136. The van der Waals surface area contributed by atoms with E-state index in [2.05, 4.69) is 17.4 Å². The van der Waals surface area contributed by atoms with Gasteiger partial charge in [0.25, 0.3) is 5.91 Å². The second-order valence-electron chi connectivity index (χ2n) is 6.51. The molecule has 0 saturated carbocycles. The van der Waals surface area contributed by atoms with Crippen LogP contribution in [0.15, 0.2) is 83.8 Å². The van der Waals surface area contributed by atoms with Gasteiger partial charge in [0.1, 0.15) is 0 Å². The minimum atomic E-state index is -3.72. The van der Waals surface area contributed by atoms with E-state index in [0.717, 1.165) is 24.0 Å². The maximum atomic E-state index is 12.6. The van der Waals surface area contributed by atoms with Crippen molar-refractivity contribution in [2.45, 2.75) is 24.3 Å². The van der Waals surface area contributed by atoms with Gasteiger partial charge < -0.3 is 5.32 Å². The number of carbonyl (C=O) groups excluding carboxylic acids is 1. The Hall–Kier alpha value is -2.96. The Labute approximate surface area is 165 Å². The highest BCUT2D eigenvalue weighted by molar-refractivity contribution is 7.89. The number of primary sulfonamides is 1. The number of amides is 1. The molecule has 0 atom stereocenters. The van der Waals surface area contributed by atoms with E-state index in [0.29, 0.717) is 12.1 Å². The molecular weight excluding hydrogens is 372 g/mol. The number of hydrogen-bond donors (Lipinski definition) is 2. The van der Waals surface area contributed by atoms with Gasteiger partial charge in [-0.15, -0.1) is 0 Å². The third-order valence-corrected chi connectivity index (χ3v) is 5.42. The highest BCUT2D eigenvalue weighted by Gasteiger charge is 2.11. The molecule has 0 aliphatic rings. The Bertz CT molecular complexity index is 1050. The molecule has 1 amide bonds. The number of aryl methyl sites for hydroxylation is 2. The van der Waals surface area contributed by atoms with Gasteiger partial charge in [-0.2, -0.15) is 0 Å². The van der Waals surface area contributed by atoms with Crippen LogP contribution < -0.4 is 10.5 Å². The first-order chi connectivity index (χ1) is 13.4. The van der Waals surface area contributed by atoms with Crippen LogP contribution in [0.25, 0.3) is 0 Å². The zero-order valence-electron chi connectivity index (χ0n) is 15.3. The maximum Gasteiger partial charge on any atom is 0.251 e. The molecule has 3 aromatic carbocycles. The summed E-state index contributed by atoms with van der Waals surface area (Å²) in [4.78, 5) is 12.7. The summed E-state index contributed by atoms with van der Waals surface area (Å²) in [6.07, 6.45) is 1.64. The van der Waals surface area contributed by atoms with Crippen molar-refractivity contribution in [1.82, 2.24) is 5.32 Å². The summed E-state index contributed by atoms with van der Waals surface area (Å²) >= 11 is 0. The lowest BCUT2D eigenvalue weighted by atomic mass is 9.99. The van der Waals surface area contributed by atoms with E-state index in [9.17, 15) is 13.2 Å². The van der Waals surface area contributed by atoms with E-state index < -0.39 is 10.0 Å². The highest BCUT2D eigenvalue weighted by Crippen LogP contribution is 2.14. The molecule has 0 aromatic heterocycles. The predicted octanol–water partition coefficient (Wildman–Crippen LogP) is 3.05. The Morgan fingerprint density at radius 1 is 0.786 bits per heavy atom. The van der Waals surface area contributed by atoms with Crippen molar-refractivity contribution in [2.75, 3.05) is 0 Å². The highest BCUT2D eigenvalue weighted by atomic mass is 32.2. The molecule has 0 unspecified atom stereocenters. The largest absolute Gasteiger partial charge is 0.348 e. The second-order valence-corrected chi connectivity index (χ2v) is 8.08. The monoisotopic (exact) mass is 394 g/mol. The molecular formula is C22H22N2O3S. The summed E-state index contributed by atoms with van der Waals surface area (Å²) in [5, 5.41) is 7.99. The third kappa shape index (κ3) is 5.28. The zero-order chi connectivity index (χ0) is 20.0. The van der Waals surface area contributed by atoms with Crippen LogP contribution in [0.4, 0.5) is 0 Å². The average molecular weight is 394 g/mol. The van der Waals surface area contributed by atoms with Crippen LogP contribution >= 0.6 is 0 Å². The molecule has 0 heterocycles. The van der Waals surface area contributed by atoms with Crippen LogP contribution in [-0.2, 0) is 29.4 Å². The van der Waals surface area contributed by atoms with Crippen molar-refractivity contribution < 1.29 is 13.2 Å². The van der Waals surface area contributed by atoms with Crippen molar-refractivity contribution in [1.29, 1.82) is 0 Å². The van der Waals surface area contributed by atoms with E-state index in [1.165, 1.54) is 17.7 Å². The Balaban J connectivity index is 1.64. The number of benzene rings is 3. The van der Waals surface area contributed by atoms with Gasteiger partial charge in [0.05, 0.1) is 4.90 Å². The molecule has 144 valence electrons. The van der Waals surface area contributed by atoms with Crippen molar-refractivity contribution in [3.05, 3.63) is 101 Å². The minimum absolute atomic E-state index is 0.0498. The molecule has 0 aliphatic heterocycles. The Kier molecular flexibility index (Phi) is 6.23. The second kappa shape index (κ2) is 8.82. The van der Waals surface area contributed by atoms with E-state index in [1.54, 1.807) is 12.1 Å². The summed E-state index contributed by atoms with van der Waals surface area (Å²) in [7, 11) is -3.72. The molecule has 3 N–H and O–H groups in total. The topological polar surface area (TPSA) is 89.3 Å². The standard InChI is InChI=1S/C22H22N2O3S/c23-28(26,27)20-14-11-18(12-15-20)16-24-22(25)21-9-5-4-8-19(21)13-10-17-6-2-1-3-7-17/h1-9,11-12,14-15H,10,13,16H2,(H,24,25)(H2,23,26,27). The van der Waals surface area contributed by atoms with Crippen LogP contribution in [0.3, 0.4) is 0 Å². The van der Waals surface area contributed by atoms with Gasteiger partial charge in [-0.05, 0) is 47.7 Å². The first-order valence-corrected chi connectivity index (χ1v) is 10.5. The van der Waals surface area contributed by atoms with Crippen LogP contribution in [-0.4, -0.2) is 14.3 Å². The summed E-state index contributed by atoms with van der Waals surface area (Å²) in [6.45, 7) is 0.302. The van der Waals surface area contributed by atoms with Crippen molar-refractivity contribution in [3.8, 4) is 0 Å². The molecule has 0 radical (unpaired) electrons. The van der Waals surface area contributed by atoms with Crippen molar-refractivity contribution in [3.63, 3.8) is 0 Å². The Morgan fingerprint density at radius 2 is 1.43 bits per heavy atom.